The molecular formula is C17H30N2O10P2. The van der Waals surface area contributed by atoms with E-state index in [1.165, 1.54) is 17.9 Å². The Bertz CT molecular complexity index is 969. The molecule has 12 nitrogen and oxygen atoms in total. The highest BCUT2D eigenvalue weighted by atomic mass is 31.2. The van der Waals surface area contributed by atoms with Gasteiger partial charge in [0.2, 0.25) is 0 Å². The molecule has 0 spiro atoms. The summed E-state index contributed by atoms with van der Waals surface area (Å²) in [7, 11) is -5.88. The first-order chi connectivity index (χ1) is 14.2. The third-order valence-corrected chi connectivity index (χ3v) is 7.59. The van der Waals surface area contributed by atoms with Gasteiger partial charge >= 0.3 is 21.1 Å². The molecule has 14 heteroatoms. The number of rotatable bonds is 9. The maximum Gasteiger partial charge on any atom is 0.473 e. The van der Waals surface area contributed by atoms with Crippen molar-refractivity contribution in [1.29, 1.82) is 0 Å². The van der Waals surface area contributed by atoms with E-state index in [1.807, 2.05) is 0 Å². The first-order valence-electron chi connectivity index (χ1n) is 9.62. The first kappa shape index (κ1) is 26.2. The van der Waals surface area contributed by atoms with Gasteiger partial charge in [0.25, 0.3) is 5.56 Å². The van der Waals surface area contributed by atoms with Crippen molar-refractivity contribution in [1.82, 2.24) is 9.55 Å². The van der Waals surface area contributed by atoms with Crippen molar-refractivity contribution < 1.29 is 37.2 Å². The van der Waals surface area contributed by atoms with Crippen LogP contribution in [0.4, 0.5) is 0 Å². The Hall–Kier alpha value is -1.10. The van der Waals surface area contributed by atoms with Gasteiger partial charge in [-0.1, -0.05) is 0 Å². The van der Waals surface area contributed by atoms with E-state index < -0.39 is 56.4 Å². The number of nitrogens with one attached hydrogen (secondary N) is 1. The molecule has 3 N–H and O–H groups in total. The van der Waals surface area contributed by atoms with Crippen molar-refractivity contribution in [3.63, 3.8) is 0 Å². The number of H-pyrrole nitrogens is 1. The Balaban J connectivity index is 2.41. The number of hydrogen-bond donors (Lipinski definition) is 3. The Morgan fingerprint density at radius 2 is 1.84 bits per heavy atom. The van der Waals surface area contributed by atoms with Crippen LogP contribution in [0, 0.1) is 5.92 Å². The molecule has 2 rings (SSSR count). The Morgan fingerprint density at radius 3 is 2.35 bits per heavy atom. The normalized spacial score (nSPS) is 28.2. The van der Waals surface area contributed by atoms with Crippen LogP contribution >= 0.6 is 15.4 Å². The Morgan fingerprint density at radius 1 is 1.19 bits per heavy atom. The smallest absolute Gasteiger partial charge is 0.378 e. The lowest BCUT2D eigenvalue weighted by atomic mass is 10.0. The summed E-state index contributed by atoms with van der Waals surface area (Å²) in [4.78, 5) is 46.0. The topological polar surface area (TPSA) is 166 Å². The predicted molar refractivity (Wildman–Crippen MR) is 111 cm³/mol. The van der Waals surface area contributed by atoms with Gasteiger partial charge in [-0.15, -0.1) is 0 Å². The third kappa shape index (κ3) is 7.20. The molecule has 0 saturated heterocycles. The van der Waals surface area contributed by atoms with Crippen LogP contribution in [-0.4, -0.2) is 57.5 Å². The molecule has 1 fully saturated rings. The fraction of sp³-hybridized carbons (Fsp3) is 0.765. The molecule has 6 atom stereocenters. The fourth-order valence-corrected chi connectivity index (χ4v) is 5.85. The fourth-order valence-electron chi connectivity index (χ4n) is 3.71. The molecule has 1 saturated carbocycles. The molecule has 1 heterocycles. The highest BCUT2D eigenvalue weighted by molar-refractivity contribution is 7.52. The summed E-state index contributed by atoms with van der Waals surface area (Å²) >= 11 is 0. The lowest BCUT2D eigenvalue weighted by Crippen LogP contribution is -2.39. The van der Waals surface area contributed by atoms with E-state index in [9.17, 15) is 28.5 Å². The Kier molecular flexibility index (Phi) is 8.27. The molecule has 2 unspecified atom stereocenters. The van der Waals surface area contributed by atoms with Crippen molar-refractivity contribution in [2.24, 2.45) is 5.92 Å². The van der Waals surface area contributed by atoms with E-state index in [-0.39, 0.29) is 19.0 Å². The predicted octanol–water partition coefficient (Wildman–Crippen LogP) is 1.64. The van der Waals surface area contributed by atoms with Gasteiger partial charge in [0.05, 0.1) is 23.9 Å². The molecule has 0 amide bonds. The van der Waals surface area contributed by atoms with Crippen molar-refractivity contribution in [2.45, 2.75) is 57.5 Å². The second kappa shape index (κ2) is 9.80. The van der Waals surface area contributed by atoms with E-state index in [1.54, 1.807) is 20.8 Å². The minimum atomic E-state index is -4.58. The molecular weight excluding hydrogens is 454 g/mol. The average molecular weight is 484 g/mol. The van der Waals surface area contributed by atoms with Crippen LogP contribution in [0.2, 0.25) is 0 Å². The summed E-state index contributed by atoms with van der Waals surface area (Å²) in [6.45, 7) is 4.74. The zero-order chi connectivity index (χ0) is 23.6. The number of phosphoric acid groups is 1. The van der Waals surface area contributed by atoms with Crippen LogP contribution in [0.1, 0.15) is 39.7 Å². The molecule has 1 aromatic rings. The molecule has 1 aliphatic rings. The van der Waals surface area contributed by atoms with Gasteiger partial charge in [-0.3, -0.25) is 28.0 Å². The van der Waals surface area contributed by atoms with Gasteiger partial charge < -0.3 is 19.0 Å². The van der Waals surface area contributed by atoms with E-state index in [0.717, 1.165) is 13.2 Å². The molecule has 1 aromatic heterocycles. The maximum absolute atomic E-state index is 12.6. The number of aromatic nitrogens is 2. The highest BCUT2D eigenvalue weighted by Crippen LogP contribution is 2.54. The number of aromatic amines is 1. The lowest BCUT2D eigenvalue weighted by molar-refractivity contribution is -0.0379. The monoisotopic (exact) mass is 484 g/mol. The summed E-state index contributed by atoms with van der Waals surface area (Å²) in [5.41, 5.74) is -2.31. The molecule has 0 radical (unpaired) electrons. The number of methoxy groups -OCH3 is 1. The van der Waals surface area contributed by atoms with Crippen molar-refractivity contribution in [2.75, 3.05) is 20.4 Å². The van der Waals surface area contributed by atoms with E-state index in [2.05, 4.69) is 9.51 Å². The standard InChI is InChI=1S/C17H30N2O10P2/c1-17(2,3)29-31(24,25)28-15-12(19-8-6-13(20)18-16(19)21)10-11(14(15)26-4)7-9-30(22,23)27-5/h6,8,11-12,14-15H,7,9-10H2,1-5H3,(H,22,23)(H,24,25)(H,18,20,21)/t11-,12+,14+,15-/m0/s1. The van der Waals surface area contributed by atoms with Gasteiger partial charge in [-0.2, -0.15) is 0 Å². The largest absolute Gasteiger partial charge is 0.473 e. The first-order valence-corrected chi connectivity index (χ1v) is 12.9. The van der Waals surface area contributed by atoms with Gasteiger partial charge in [0.1, 0.15) is 6.10 Å². The highest BCUT2D eigenvalue weighted by Gasteiger charge is 2.49. The molecule has 0 aliphatic heterocycles. The van der Waals surface area contributed by atoms with Crippen molar-refractivity contribution in [3.05, 3.63) is 33.1 Å². The summed E-state index contributed by atoms with van der Waals surface area (Å²) < 4.78 is 46.5. The minimum absolute atomic E-state index is 0.171. The number of nitrogens with zero attached hydrogens (tertiary/aromatic N) is 1. The Labute approximate surface area is 179 Å². The van der Waals surface area contributed by atoms with Gasteiger partial charge in [0, 0.05) is 26.5 Å². The van der Waals surface area contributed by atoms with E-state index >= 15 is 0 Å². The summed E-state index contributed by atoms with van der Waals surface area (Å²) in [6.07, 6.45) is -0.444. The molecule has 0 bridgehead atoms. The maximum atomic E-state index is 12.6. The van der Waals surface area contributed by atoms with E-state index in [0.29, 0.717) is 0 Å². The van der Waals surface area contributed by atoms with Crippen molar-refractivity contribution >= 4 is 15.4 Å². The van der Waals surface area contributed by atoms with Crippen LogP contribution in [0.5, 0.6) is 0 Å². The third-order valence-electron chi connectivity index (χ3n) is 4.90. The second-order valence-corrected chi connectivity index (χ2v) is 11.8. The van der Waals surface area contributed by atoms with Gasteiger partial charge in [0.15, 0.2) is 0 Å². The quantitative estimate of drug-likeness (QED) is 0.439. The number of phosphoric ester groups is 1. The number of hydrogen-bond acceptors (Lipinski definition) is 8. The molecule has 0 aromatic carbocycles. The lowest BCUT2D eigenvalue weighted by Gasteiger charge is -2.30. The molecule has 178 valence electrons. The average Bonchev–Trinajstić information content (AvgIpc) is 2.94. The van der Waals surface area contributed by atoms with Gasteiger partial charge in [-0.25, -0.2) is 9.36 Å². The summed E-state index contributed by atoms with van der Waals surface area (Å²) in [5, 5.41) is 0. The van der Waals surface area contributed by atoms with E-state index in [4.69, 9.17) is 13.8 Å². The SMILES string of the molecule is CO[C@@H]1[C@@H](CCP(=O)(O)OC)C[C@@H](n2ccc(=O)[nH]c2=O)[C@@H]1OP(=O)(O)OC(C)(C)C. The second-order valence-electron chi connectivity index (χ2n) is 8.36. The summed E-state index contributed by atoms with van der Waals surface area (Å²) in [6, 6.07) is 0.342. The van der Waals surface area contributed by atoms with Crippen LogP contribution in [0.15, 0.2) is 21.9 Å². The molecule has 31 heavy (non-hydrogen) atoms. The van der Waals surface area contributed by atoms with Crippen LogP contribution in [0.25, 0.3) is 0 Å². The van der Waals surface area contributed by atoms with Crippen LogP contribution < -0.4 is 11.2 Å². The van der Waals surface area contributed by atoms with Crippen LogP contribution in [0.3, 0.4) is 0 Å². The van der Waals surface area contributed by atoms with Crippen LogP contribution in [-0.2, 0) is 27.4 Å². The minimum Gasteiger partial charge on any atom is -0.378 e. The number of ether oxygens (including phenoxy) is 1. The van der Waals surface area contributed by atoms with Crippen molar-refractivity contribution in [3.8, 4) is 0 Å². The summed E-state index contributed by atoms with van der Waals surface area (Å²) in [5.74, 6) is -0.413. The zero-order valence-electron chi connectivity index (χ0n) is 18.1. The van der Waals surface area contributed by atoms with Gasteiger partial charge in [-0.05, 0) is 39.5 Å². The molecule has 1 aliphatic carbocycles. The zero-order valence-corrected chi connectivity index (χ0v) is 19.9.